The van der Waals surface area contributed by atoms with Gasteiger partial charge in [-0.25, -0.2) is 0 Å². The Kier molecular flexibility index (Phi) is 3.55. The molecule has 84 valence electrons. The summed E-state index contributed by atoms with van der Waals surface area (Å²) in [5, 5.41) is 8.63. The number of nitriles is 1. The van der Waals surface area contributed by atoms with Crippen LogP contribution in [0.2, 0.25) is 0 Å². The quantitative estimate of drug-likeness (QED) is 0.826. The van der Waals surface area contributed by atoms with Gasteiger partial charge in [-0.1, -0.05) is 24.3 Å². The lowest BCUT2D eigenvalue weighted by atomic mass is 10.00. The molecule has 0 saturated carbocycles. The van der Waals surface area contributed by atoms with Crippen molar-refractivity contribution in [3.05, 3.63) is 35.4 Å². The average Bonchev–Trinajstić information content (AvgIpc) is 2.35. The second-order valence-electron chi connectivity index (χ2n) is 4.32. The average molecular weight is 215 g/mol. The first kappa shape index (κ1) is 11.1. The third-order valence-corrected chi connectivity index (χ3v) is 3.13. The summed E-state index contributed by atoms with van der Waals surface area (Å²) in [6.07, 6.45) is 1.87. The molecule has 0 radical (unpaired) electrons. The summed E-state index contributed by atoms with van der Waals surface area (Å²) in [7, 11) is 0. The third-order valence-electron chi connectivity index (χ3n) is 3.13. The van der Waals surface area contributed by atoms with Crippen molar-refractivity contribution < 1.29 is 0 Å². The van der Waals surface area contributed by atoms with E-state index in [4.69, 9.17) is 11.0 Å². The van der Waals surface area contributed by atoms with E-state index in [1.54, 1.807) is 0 Å². The van der Waals surface area contributed by atoms with E-state index in [1.165, 1.54) is 11.1 Å². The summed E-state index contributed by atoms with van der Waals surface area (Å²) in [6, 6.07) is 10.3. The standard InChI is InChI=1S/C13H17N3/c14-9-13(15)6-8-16-7-5-11-3-1-2-4-12(11)10-16/h1-4,13H,5-8,10,15H2. The predicted molar refractivity (Wildman–Crippen MR) is 63.6 cm³/mol. The summed E-state index contributed by atoms with van der Waals surface area (Å²) in [5.41, 5.74) is 8.47. The zero-order valence-corrected chi connectivity index (χ0v) is 9.39. The van der Waals surface area contributed by atoms with E-state index in [9.17, 15) is 0 Å². The molecule has 1 aliphatic heterocycles. The maximum Gasteiger partial charge on any atom is 0.0940 e. The predicted octanol–water partition coefficient (Wildman–Crippen LogP) is 1.29. The normalized spacial score (nSPS) is 17.5. The first-order valence-electron chi connectivity index (χ1n) is 5.74. The van der Waals surface area contributed by atoms with Gasteiger partial charge in [0.05, 0.1) is 12.1 Å². The Balaban J connectivity index is 1.91. The fraction of sp³-hybridized carbons (Fsp3) is 0.462. The van der Waals surface area contributed by atoms with Crippen LogP contribution in [0, 0.1) is 11.3 Å². The van der Waals surface area contributed by atoms with Gasteiger partial charge in [0.15, 0.2) is 0 Å². The number of nitrogens with two attached hydrogens (primary N) is 1. The second kappa shape index (κ2) is 5.11. The highest BCUT2D eigenvalue weighted by atomic mass is 15.1. The van der Waals surface area contributed by atoms with E-state index in [2.05, 4.69) is 35.2 Å². The van der Waals surface area contributed by atoms with Gasteiger partial charge in [-0.3, -0.25) is 4.90 Å². The molecule has 3 heteroatoms. The van der Waals surface area contributed by atoms with Crippen LogP contribution in [0.1, 0.15) is 17.5 Å². The minimum absolute atomic E-state index is 0.322. The van der Waals surface area contributed by atoms with Crippen molar-refractivity contribution in [3.63, 3.8) is 0 Å². The molecular weight excluding hydrogens is 198 g/mol. The molecule has 1 aromatic rings. The van der Waals surface area contributed by atoms with E-state index in [-0.39, 0.29) is 6.04 Å². The number of hydrogen-bond donors (Lipinski definition) is 1. The minimum Gasteiger partial charge on any atom is -0.316 e. The lowest BCUT2D eigenvalue weighted by Crippen LogP contribution is -2.34. The van der Waals surface area contributed by atoms with Crippen LogP contribution in [-0.4, -0.2) is 24.0 Å². The van der Waals surface area contributed by atoms with Crippen molar-refractivity contribution in [2.24, 2.45) is 5.73 Å². The van der Waals surface area contributed by atoms with Gasteiger partial charge in [-0.05, 0) is 24.0 Å². The van der Waals surface area contributed by atoms with Gasteiger partial charge in [0.25, 0.3) is 0 Å². The number of rotatable bonds is 3. The summed E-state index contributed by atoms with van der Waals surface area (Å²) in [4.78, 5) is 2.37. The molecule has 0 aromatic heterocycles. The van der Waals surface area contributed by atoms with Gasteiger partial charge in [0.1, 0.15) is 0 Å². The summed E-state index contributed by atoms with van der Waals surface area (Å²) in [6.45, 7) is 2.99. The van der Waals surface area contributed by atoms with E-state index in [0.717, 1.165) is 32.5 Å². The minimum atomic E-state index is -0.322. The van der Waals surface area contributed by atoms with Gasteiger partial charge in [0, 0.05) is 19.6 Å². The van der Waals surface area contributed by atoms with Crippen molar-refractivity contribution in [1.82, 2.24) is 4.90 Å². The molecule has 2 N–H and O–H groups in total. The Morgan fingerprint density at radius 3 is 2.88 bits per heavy atom. The molecule has 0 spiro atoms. The number of benzene rings is 1. The Morgan fingerprint density at radius 1 is 1.38 bits per heavy atom. The molecule has 2 rings (SSSR count). The van der Waals surface area contributed by atoms with Crippen LogP contribution in [0.5, 0.6) is 0 Å². The van der Waals surface area contributed by atoms with Crippen LogP contribution < -0.4 is 5.73 Å². The lowest BCUT2D eigenvalue weighted by Gasteiger charge is -2.28. The van der Waals surface area contributed by atoms with Crippen LogP contribution in [0.15, 0.2) is 24.3 Å². The highest BCUT2D eigenvalue weighted by molar-refractivity contribution is 5.28. The van der Waals surface area contributed by atoms with Crippen LogP contribution in [0.4, 0.5) is 0 Å². The molecule has 0 amide bonds. The highest BCUT2D eigenvalue weighted by Crippen LogP contribution is 2.18. The molecule has 1 aliphatic rings. The first-order chi connectivity index (χ1) is 7.79. The van der Waals surface area contributed by atoms with Crippen molar-refractivity contribution in [2.75, 3.05) is 13.1 Å². The van der Waals surface area contributed by atoms with Crippen molar-refractivity contribution in [1.29, 1.82) is 5.26 Å². The number of nitrogens with zero attached hydrogens (tertiary/aromatic N) is 2. The fourth-order valence-electron chi connectivity index (χ4n) is 2.13. The molecule has 0 fully saturated rings. The van der Waals surface area contributed by atoms with Crippen LogP contribution >= 0.6 is 0 Å². The van der Waals surface area contributed by atoms with Crippen LogP contribution in [-0.2, 0) is 13.0 Å². The Bertz CT molecular complexity index is 394. The monoisotopic (exact) mass is 215 g/mol. The molecule has 1 atom stereocenters. The van der Waals surface area contributed by atoms with Gasteiger partial charge in [-0.15, -0.1) is 0 Å². The lowest BCUT2D eigenvalue weighted by molar-refractivity contribution is 0.248. The number of fused-ring (bicyclic) bond motifs is 1. The van der Waals surface area contributed by atoms with E-state index < -0.39 is 0 Å². The van der Waals surface area contributed by atoms with E-state index in [0.29, 0.717) is 0 Å². The van der Waals surface area contributed by atoms with E-state index >= 15 is 0 Å². The van der Waals surface area contributed by atoms with E-state index in [1.807, 2.05) is 0 Å². The van der Waals surface area contributed by atoms with Crippen LogP contribution in [0.3, 0.4) is 0 Å². The molecule has 16 heavy (non-hydrogen) atoms. The molecule has 1 aromatic carbocycles. The maximum atomic E-state index is 8.63. The van der Waals surface area contributed by atoms with Crippen molar-refractivity contribution in [2.45, 2.75) is 25.4 Å². The molecular formula is C13H17N3. The number of hydrogen-bond acceptors (Lipinski definition) is 3. The first-order valence-corrected chi connectivity index (χ1v) is 5.74. The SMILES string of the molecule is N#CC(N)CCN1CCc2ccccc2C1. The summed E-state index contributed by atoms with van der Waals surface area (Å²) in [5.74, 6) is 0. The summed E-state index contributed by atoms with van der Waals surface area (Å²) < 4.78 is 0. The molecule has 3 nitrogen and oxygen atoms in total. The van der Waals surface area contributed by atoms with Gasteiger partial charge in [-0.2, -0.15) is 5.26 Å². The second-order valence-corrected chi connectivity index (χ2v) is 4.32. The molecule has 1 heterocycles. The fourth-order valence-corrected chi connectivity index (χ4v) is 2.13. The van der Waals surface area contributed by atoms with Crippen molar-refractivity contribution >= 4 is 0 Å². The van der Waals surface area contributed by atoms with Gasteiger partial charge >= 0.3 is 0 Å². The molecule has 0 aliphatic carbocycles. The zero-order chi connectivity index (χ0) is 11.4. The van der Waals surface area contributed by atoms with Crippen molar-refractivity contribution in [3.8, 4) is 6.07 Å². The Morgan fingerprint density at radius 2 is 2.12 bits per heavy atom. The molecule has 1 unspecified atom stereocenters. The third kappa shape index (κ3) is 2.60. The zero-order valence-electron chi connectivity index (χ0n) is 9.39. The topological polar surface area (TPSA) is 53.1 Å². The molecule has 0 bridgehead atoms. The molecule has 0 saturated heterocycles. The maximum absolute atomic E-state index is 8.63. The Labute approximate surface area is 96.5 Å². The largest absolute Gasteiger partial charge is 0.316 e. The smallest absolute Gasteiger partial charge is 0.0940 e. The van der Waals surface area contributed by atoms with Gasteiger partial charge < -0.3 is 5.73 Å². The Hall–Kier alpha value is -1.37. The summed E-state index contributed by atoms with van der Waals surface area (Å²) >= 11 is 0. The highest BCUT2D eigenvalue weighted by Gasteiger charge is 2.15. The van der Waals surface area contributed by atoms with Gasteiger partial charge in [0.2, 0.25) is 0 Å². The van der Waals surface area contributed by atoms with Crippen LogP contribution in [0.25, 0.3) is 0 Å².